The van der Waals surface area contributed by atoms with Crippen molar-refractivity contribution < 1.29 is 9.18 Å². The van der Waals surface area contributed by atoms with Gasteiger partial charge in [0.1, 0.15) is 11.9 Å². The van der Waals surface area contributed by atoms with Gasteiger partial charge in [0, 0.05) is 5.56 Å². The summed E-state index contributed by atoms with van der Waals surface area (Å²) in [6.45, 7) is 1.59. The predicted molar refractivity (Wildman–Crippen MR) is 88.0 cm³/mol. The molecule has 24 heavy (non-hydrogen) atoms. The summed E-state index contributed by atoms with van der Waals surface area (Å²) in [5, 5.41) is 15.0. The molecule has 2 aromatic carbocycles. The van der Waals surface area contributed by atoms with Gasteiger partial charge in [0.15, 0.2) is 0 Å². The molecule has 0 aliphatic heterocycles. The Balaban J connectivity index is 1.79. The maximum Gasteiger partial charge on any atom is 0.250 e. The molecule has 3 aromatic rings. The second-order valence-corrected chi connectivity index (χ2v) is 5.47. The number of anilines is 1. The molecule has 0 saturated carbocycles. The van der Waals surface area contributed by atoms with Gasteiger partial charge in [-0.3, -0.25) is 4.79 Å². The third kappa shape index (κ3) is 3.26. The largest absolute Gasteiger partial charge is 0.322 e. The molecule has 1 N–H and O–H groups in total. The van der Waals surface area contributed by atoms with Gasteiger partial charge < -0.3 is 5.32 Å². The van der Waals surface area contributed by atoms with Crippen LogP contribution in [0.15, 0.2) is 48.5 Å². The zero-order chi connectivity index (χ0) is 17.1. The van der Waals surface area contributed by atoms with Crippen molar-refractivity contribution in [1.29, 1.82) is 0 Å². The van der Waals surface area contributed by atoms with E-state index in [1.165, 1.54) is 12.1 Å². The van der Waals surface area contributed by atoms with Gasteiger partial charge in [-0.05, 0) is 36.4 Å². The molecule has 1 atom stereocenters. The second-order valence-electron chi connectivity index (χ2n) is 5.06. The number of nitrogens with zero attached hydrogens (tertiary/aromatic N) is 4. The Kier molecular flexibility index (Phi) is 4.52. The average Bonchev–Trinajstić information content (AvgIpc) is 3.06. The van der Waals surface area contributed by atoms with E-state index in [1.54, 1.807) is 43.3 Å². The van der Waals surface area contributed by atoms with Crippen molar-refractivity contribution in [3.63, 3.8) is 0 Å². The number of aromatic nitrogens is 4. The van der Waals surface area contributed by atoms with Crippen LogP contribution in [0.5, 0.6) is 0 Å². The monoisotopic (exact) mass is 345 g/mol. The van der Waals surface area contributed by atoms with Gasteiger partial charge in [-0.25, -0.2) is 4.39 Å². The lowest BCUT2D eigenvalue weighted by Gasteiger charge is -2.11. The SMILES string of the molecule is C[C@@H](C(=O)Nc1ccccc1F)n1nnc(-c2ccccc2Cl)n1. The van der Waals surface area contributed by atoms with E-state index in [0.29, 0.717) is 16.4 Å². The Bertz CT molecular complexity index is 882. The van der Waals surface area contributed by atoms with E-state index in [0.717, 1.165) is 4.80 Å². The van der Waals surface area contributed by atoms with E-state index >= 15 is 0 Å². The molecule has 0 radical (unpaired) electrons. The first-order valence-electron chi connectivity index (χ1n) is 7.16. The van der Waals surface area contributed by atoms with Crippen molar-refractivity contribution in [2.75, 3.05) is 5.32 Å². The third-order valence-corrected chi connectivity index (χ3v) is 3.73. The van der Waals surface area contributed by atoms with Crippen LogP contribution in [0.2, 0.25) is 5.02 Å². The number of carbonyl (C=O) groups excluding carboxylic acids is 1. The summed E-state index contributed by atoms with van der Waals surface area (Å²) in [7, 11) is 0. The molecule has 122 valence electrons. The molecule has 0 spiro atoms. The number of para-hydroxylation sites is 1. The average molecular weight is 346 g/mol. The van der Waals surface area contributed by atoms with Crippen LogP contribution >= 0.6 is 11.6 Å². The molecule has 0 aliphatic carbocycles. The summed E-state index contributed by atoms with van der Waals surface area (Å²) in [6.07, 6.45) is 0. The van der Waals surface area contributed by atoms with Gasteiger partial charge in [0.25, 0.3) is 5.91 Å². The standard InChI is InChI=1S/C16H13ClFN5O/c1-10(16(24)19-14-9-5-4-8-13(14)18)23-21-15(20-22-23)11-6-2-3-7-12(11)17/h2-10H,1H3,(H,19,24)/t10-/m0/s1. The van der Waals surface area contributed by atoms with Crippen LogP contribution in [0.25, 0.3) is 11.4 Å². The number of carbonyl (C=O) groups is 1. The first-order chi connectivity index (χ1) is 11.6. The number of nitrogens with one attached hydrogen (secondary N) is 1. The fourth-order valence-electron chi connectivity index (χ4n) is 2.04. The van der Waals surface area contributed by atoms with Gasteiger partial charge in [0.2, 0.25) is 5.82 Å². The minimum absolute atomic E-state index is 0.0980. The third-order valence-electron chi connectivity index (χ3n) is 3.40. The zero-order valence-corrected chi connectivity index (χ0v) is 13.4. The van der Waals surface area contributed by atoms with Crippen LogP contribution in [0, 0.1) is 5.82 Å². The van der Waals surface area contributed by atoms with E-state index in [-0.39, 0.29) is 5.69 Å². The number of rotatable bonds is 4. The van der Waals surface area contributed by atoms with Gasteiger partial charge >= 0.3 is 0 Å². The molecule has 0 bridgehead atoms. The molecule has 1 heterocycles. The van der Waals surface area contributed by atoms with Crippen molar-refractivity contribution in [1.82, 2.24) is 20.2 Å². The van der Waals surface area contributed by atoms with Crippen molar-refractivity contribution in [2.45, 2.75) is 13.0 Å². The van der Waals surface area contributed by atoms with Gasteiger partial charge in [-0.1, -0.05) is 35.9 Å². The molecule has 8 heteroatoms. The highest BCUT2D eigenvalue weighted by Crippen LogP contribution is 2.24. The van der Waals surface area contributed by atoms with Gasteiger partial charge in [0.05, 0.1) is 10.7 Å². The molecule has 0 unspecified atom stereocenters. The quantitative estimate of drug-likeness (QED) is 0.787. The fourth-order valence-corrected chi connectivity index (χ4v) is 2.26. The molecular formula is C16H13ClFN5O. The van der Waals surface area contributed by atoms with Crippen LogP contribution in [-0.2, 0) is 4.79 Å². The van der Waals surface area contributed by atoms with E-state index in [4.69, 9.17) is 11.6 Å². The number of amides is 1. The first kappa shape index (κ1) is 16.1. The lowest BCUT2D eigenvalue weighted by Crippen LogP contribution is -2.25. The number of benzene rings is 2. The zero-order valence-electron chi connectivity index (χ0n) is 12.6. The molecule has 0 aliphatic rings. The summed E-state index contributed by atoms with van der Waals surface area (Å²) >= 11 is 6.10. The van der Waals surface area contributed by atoms with Crippen LogP contribution < -0.4 is 5.32 Å². The topological polar surface area (TPSA) is 72.7 Å². The van der Waals surface area contributed by atoms with Crippen molar-refractivity contribution in [3.8, 4) is 11.4 Å². The normalized spacial score (nSPS) is 12.0. The molecule has 6 nitrogen and oxygen atoms in total. The van der Waals surface area contributed by atoms with Crippen LogP contribution in [-0.4, -0.2) is 26.1 Å². The van der Waals surface area contributed by atoms with Crippen LogP contribution in [0.4, 0.5) is 10.1 Å². The van der Waals surface area contributed by atoms with Gasteiger partial charge in [-0.15, -0.1) is 10.2 Å². The Labute approximate surface area is 142 Å². The van der Waals surface area contributed by atoms with E-state index in [2.05, 4.69) is 20.7 Å². The van der Waals surface area contributed by atoms with E-state index < -0.39 is 17.8 Å². The highest BCUT2D eigenvalue weighted by molar-refractivity contribution is 6.33. The number of hydrogen-bond donors (Lipinski definition) is 1. The Morgan fingerprint density at radius 2 is 1.92 bits per heavy atom. The molecule has 1 amide bonds. The van der Waals surface area contributed by atoms with Crippen LogP contribution in [0.3, 0.4) is 0 Å². The van der Waals surface area contributed by atoms with Crippen molar-refractivity contribution in [2.24, 2.45) is 0 Å². The van der Waals surface area contributed by atoms with Crippen molar-refractivity contribution in [3.05, 3.63) is 59.4 Å². The predicted octanol–water partition coefficient (Wildman–Crippen LogP) is 3.33. The molecular weight excluding hydrogens is 333 g/mol. The Morgan fingerprint density at radius 1 is 1.21 bits per heavy atom. The molecule has 0 fully saturated rings. The van der Waals surface area contributed by atoms with E-state index in [1.807, 2.05) is 0 Å². The molecule has 3 rings (SSSR count). The lowest BCUT2D eigenvalue weighted by atomic mass is 10.2. The molecule has 1 aromatic heterocycles. The number of tetrazole rings is 1. The maximum atomic E-state index is 13.6. The summed E-state index contributed by atoms with van der Waals surface area (Å²) < 4.78 is 13.6. The minimum Gasteiger partial charge on any atom is -0.322 e. The van der Waals surface area contributed by atoms with Crippen molar-refractivity contribution >= 4 is 23.2 Å². The Morgan fingerprint density at radius 3 is 2.67 bits per heavy atom. The molecule has 0 saturated heterocycles. The lowest BCUT2D eigenvalue weighted by molar-refractivity contribution is -0.119. The second kappa shape index (κ2) is 6.76. The summed E-state index contributed by atoms with van der Waals surface area (Å²) in [4.78, 5) is 13.4. The van der Waals surface area contributed by atoms with Crippen LogP contribution in [0.1, 0.15) is 13.0 Å². The Hall–Kier alpha value is -2.80. The summed E-state index contributed by atoms with van der Waals surface area (Å²) in [6, 6.07) is 12.2. The van der Waals surface area contributed by atoms with E-state index in [9.17, 15) is 9.18 Å². The highest BCUT2D eigenvalue weighted by Gasteiger charge is 2.20. The van der Waals surface area contributed by atoms with Gasteiger partial charge in [-0.2, -0.15) is 4.80 Å². The first-order valence-corrected chi connectivity index (χ1v) is 7.54. The summed E-state index contributed by atoms with van der Waals surface area (Å²) in [5.74, 6) is -0.657. The minimum atomic E-state index is -0.770. The number of halogens is 2. The smallest absolute Gasteiger partial charge is 0.250 e. The summed E-state index contributed by atoms with van der Waals surface area (Å²) in [5.41, 5.74) is 0.716. The number of hydrogen-bond acceptors (Lipinski definition) is 4. The maximum absolute atomic E-state index is 13.6. The fraction of sp³-hybridized carbons (Fsp3) is 0.125. The highest BCUT2D eigenvalue weighted by atomic mass is 35.5.